The molecule has 0 spiro atoms. The zero-order chi connectivity index (χ0) is 19.9. The molecule has 28 heavy (non-hydrogen) atoms. The molecule has 1 aromatic heterocycles. The van der Waals surface area contributed by atoms with Crippen LogP contribution in [0.15, 0.2) is 53.7 Å². The minimum absolute atomic E-state index is 0.143. The van der Waals surface area contributed by atoms with Crippen molar-refractivity contribution in [2.45, 2.75) is 11.7 Å². The molecule has 0 unspecified atom stereocenters. The van der Waals surface area contributed by atoms with Gasteiger partial charge < -0.3 is 15.2 Å². The van der Waals surface area contributed by atoms with Crippen LogP contribution in [0, 0.1) is 0 Å². The zero-order valence-corrected chi connectivity index (χ0v) is 15.7. The van der Waals surface area contributed by atoms with Gasteiger partial charge in [-0.05, 0) is 52.4 Å². The van der Waals surface area contributed by atoms with Gasteiger partial charge in [0, 0.05) is 6.54 Å². The Balaban J connectivity index is 1.55. The van der Waals surface area contributed by atoms with Crippen molar-refractivity contribution in [3.8, 4) is 11.4 Å². The number of amides is 1. The molecule has 1 amide bonds. The van der Waals surface area contributed by atoms with Crippen molar-refractivity contribution >= 4 is 23.6 Å². The highest BCUT2D eigenvalue weighted by Crippen LogP contribution is 2.18. The maximum absolute atomic E-state index is 12.1. The number of aromatic carboxylic acids is 1. The number of hydrogen-bond acceptors (Lipinski definition) is 7. The third-order valence-corrected chi connectivity index (χ3v) is 4.70. The van der Waals surface area contributed by atoms with Crippen molar-refractivity contribution in [1.29, 1.82) is 0 Å². The fourth-order valence-corrected chi connectivity index (χ4v) is 3.02. The second kappa shape index (κ2) is 9.00. The number of hydrogen-bond donors (Lipinski definition) is 2. The molecule has 0 fully saturated rings. The summed E-state index contributed by atoms with van der Waals surface area (Å²) < 4.78 is 6.55. The summed E-state index contributed by atoms with van der Waals surface area (Å²) in [5, 5.41) is 23.7. The van der Waals surface area contributed by atoms with Crippen LogP contribution in [0.2, 0.25) is 0 Å². The van der Waals surface area contributed by atoms with Gasteiger partial charge >= 0.3 is 5.97 Å². The number of aromatic nitrogens is 4. The molecular weight excluding hydrogens is 382 g/mol. The second-order valence-corrected chi connectivity index (χ2v) is 6.58. The van der Waals surface area contributed by atoms with Crippen molar-refractivity contribution in [3.05, 3.63) is 59.7 Å². The molecule has 144 valence electrons. The summed E-state index contributed by atoms with van der Waals surface area (Å²) in [5.74, 6) is -0.263. The van der Waals surface area contributed by atoms with Gasteiger partial charge in [0.15, 0.2) is 0 Å². The molecule has 9 nitrogen and oxygen atoms in total. The van der Waals surface area contributed by atoms with E-state index in [-0.39, 0.29) is 17.2 Å². The summed E-state index contributed by atoms with van der Waals surface area (Å²) in [6.07, 6.45) is 0. The normalized spacial score (nSPS) is 10.5. The molecule has 2 aromatic carbocycles. The lowest BCUT2D eigenvalue weighted by molar-refractivity contribution is -0.118. The molecule has 0 saturated heterocycles. The number of carboxylic acid groups (broad SMARTS) is 1. The van der Waals surface area contributed by atoms with Crippen molar-refractivity contribution in [2.24, 2.45) is 0 Å². The van der Waals surface area contributed by atoms with Gasteiger partial charge in [-0.25, -0.2) is 4.79 Å². The lowest BCUT2D eigenvalue weighted by Crippen LogP contribution is -2.24. The highest BCUT2D eigenvalue weighted by atomic mass is 32.2. The molecule has 0 aliphatic rings. The monoisotopic (exact) mass is 399 g/mol. The molecule has 1 heterocycles. The number of nitrogens with zero attached hydrogens (tertiary/aromatic N) is 4. The number of nitrogens with one attached hydrogen (secondary N) is 1. The van der Waals surface area contributed by atoms with Crippen molar-refractivity contribution < 1.29 is 19.4 Å². The smallest absolute Gasteiger partial charge is 0.335 e. The van der Waals surface area contributed by atoms with Crippen LogP contribution in [0.5, 0.6) is 5.75 Å². The Labute approximate surface area is 164 Å². The van der Waals surface area contributed by atoms with Crippen LogP contribution in [0.4, 0.5) is 0 Å². The second-order valence-electron chi connectivity index (χ2n) is 5.64. The van der Waals surface area contributed by atoms with E-state index in [0.29, 0.717) is 17.4 Å². The predicted octanol–water partition coefficient (Wildman–Crippen LogP) is 1.78. The van der Waals surface area contributed by atoms with E-state index in [2.05, 4.69) is 20.8 Å². The first-order valence-electron chi connectivity index (χ1n) is 8.21. The maximum atomic E-state index is 12.1. The van der Waals surface area contributed by atoms with Crippen LogP contribution < -0.4 is 10.1 Å². The fraction of sp³-hybridized carbons (Fsp3) is 0.167. The van der Waals surface area contributed by atoms with Crippen LogP contribution >= 0.6 is 11.8 Å². The number of carboxylic acids is 1. The van der Waals surface area contributed by atoms with Gasteiger partial charge in [-0.15, -0.1) is 5.10 Å². The quantitative estimate of drug-likeness (QED) is 0.550. The van der Waals surface area contributed by atoms with E-state index in [1.54, 1.807) is 19.2 Å². The summed E-state index contributed by atoms with van der Waals surface area (Å²) in [7, 11) is 1.60. The van der Waals surface area contributed by atoms with Gasteiger partial charge in [-0.3, -0.25) is 4.79 Å². The number of carbonyl (C=O) groups excluding carboxylic acids is 1. The molecule has 0 bridgehead atoms. The first-order valence-corrected chi connectivity index (χ1v) is 9.20. The molecule has 0 aliphatic carbocycles. The summed E-state index contributed by atoms with van der Waals surface area (Å²) in [6, 6.07) is 13.6. The minimum atomic E-state index is -1.01. The summed E-state index contributed by atoms with van der Waals surface area (Å²) in [4.78, 5) is 23.0. The van der Waals surface area contributed by atoms with Crippen molar-refractivity contribution in [2.75, 3.05) is 12.9 Å². The van der Waals surface area contributed by atoms with E-state index in [0.717, 1.165) is 11.3 Å². The topological polar surface area (TPSA) is 119 Å². The van der Waals surface area contributed by atoms with Gasteiger partial charge in [0.25, 0.3) is 0 Å². The van der Waals surface area contributed by atoms with Gasteiger partial charge in [0.2, 0.25) is 11.1 Å². The molecular formula is C18H17N5O4S. The van der Waals surface area contributed by atoms with E-state index in [9.17, 15) is 9.59 Å². The SMILES string of the molecule is COc1ccc(CNC(=O)CSc2nnnn2-c2ccc(C(=O)O)cc2)cc1. The number of thioether (sulfide) groups is 1. The predicted molar refractivity (Wildman–Crippen MR) is 102 cm³/mol. The Morgan fingerprint density at radius 2 is 1.86 bits per heavy atom. The lowest BCUT2D eigenvalue weighted by Gasteiger charge is -2.07. The van der Waals surface area contributed by atoms with E-state index >= 15 is 0 Å². The van der Waals surface area contributed by atoms with E-state index in [1.165, 1.54) is 28.6 Å². The number of methoxy groups -OCH3 is 1. The molecule has 0 aliphatic heterocycles. The fourth-order valence-electron chi connectivity index (χ4n) is 2.30. The van der Waals surface area contributed by atoms with Crippen molar-refractivity contribution in [1.82, 2.24) is 25.5 Å². The number of benzene rings is 2. The lowest BCUT2D eigenvalue weighted by atomic mass is 10.2. The molecule has 0 radical (unpaired) electrons. The first kappa shape index (κ1) is 19.4. The average molecular weight is 399 g/mol. The Kier molecular flexibility index (Phi) is 6.22. The van der Waals surface area contributed by atoms with Crippen LogP contribution in [0.25, 0.3) is 5.69 Å². The number of tetrazole rings is 1. The first-order chi connectivity index (χ1) is 13.6. The van der Waals surface area contributed by atoms with Gasteiger partial charge in [-0.2, -0.15) is 4.68 Å². The van der Waals surface area contributed by atoms with Gasteiger partial charge in [-0.1, -0.05) is 23.9 Å². The molecule has 10 heteroatoms. The third-order valence-electron chi connectivity index (χ3n) is 3.78. The maximum Gasteiger partial charge on any atom is 0.335 e. The molecule has 3 aromatic rings. The van der Waals surface area contributed by atoms with Crippen LogP contribution in [-0.4, -0.2) is 50.1 Å². The van der Waals surface area contributed by atoms with E-state index < -0.39 is 5.97 Å². The van der Waals surface area contributed by atoms with Crippen LogP contribution in [0.3, 0.4) is 0 Å². The van der Waals surface area contributed by atoms with Gasteiger partial charge in [0.05, 0.1) is 24.1 Å². The number of ether oxygens (including phenoxy) is 1. The largest absolute Gasteiger partial charge is 0.497 e. The van der Waals surface area contributed by atoms with E-state index in [4.69, 9.17) is 9.84 Å². The molecule has 0 saturated carbocycles. The minimum Gasteiger partial charge on any atom is -0.497 e. The Morgan fingerprint density at radius 1 is 1.14 bits per heavy atom. The molecule has 2 N–H and O–H groups in total. The highest BCUT2D eigenvalue weighted by molar-refractivity contribution is 7.99. The number of carbonyl (C=O) groups is 2. The molecule has 3 rings (SSSR count). The Bertz CT molecular complexity index is 957. The van der Waals surface area contributed by atoms with Gasteiger partial charge in [0.1, 0.15) is 5.75 Å². The number of rotatable bonds is 8. The average Bonchev–Trinajstić information content (AvgIpc) is 3.19. The Morgan fingerprint density at radius 3 is 2.50 bits per heavy atom. The van der Waals surface area contributed by atoms with E-state index in [1.807, 2.05) is 24.3 Å². The zero-order valence-electron chi connectivity index (χ0n) is 14.9. The molecule has 0 atom stereocenters. The highest BCUT2D eigenvalue weighted by Gasteiger charge is 2.12. The Hall–Kier alpha value is -3.40. The summed E-state index contributed by atoms with van der Waals surface area (Å²) >= 11 is 1.19. The van der Waals surface area contributed by atoms with Crippen molar-refractivity contribution in [3.63, 3.8) is 0 Å². The van der Waals surface area contributed by atoms with Crippen LogP contribution in [-0.2, 0) is 11.3 Å². The van der Waals surface area contributed by atoms with Crippen LogP contribution in [0.1, 0.15) is 15.9 Å². The summed E-state index contributed by atoms with van der Waals surface area (Å²) in [6.45, 7) is 0.408. The standard InChI is InChI=1S/C18H17N5O4S/c1-27-15-8-2-12(3-9-15)10-19-16(24)11-28-18-20-21-22-23(18)14-6-4-13(5-7-14)17(25)26/h2-9H,10-11H2,1H3,(H,19,24)(H,25,26). The summed E-state index contributed by atoms with van der Waals surface area (Å²) in [5.41, 5.74) is 1.74. The third kappa shape index (κ3) is 4.86.